The summed E-state index contributed by atoms with van der Waals surface area (Å²) < 4.78 is 6.83. The van der Waals surface area contributed by atoms with Crippen molar-refractivity contribution in [3.8, 4) is 0 Å². The average molecular weight is 451 g/mol. The molecule has 30 heavy (non-hydrogen) atoms. The molecule has 0 unspecified atom stereocenters. The quantitative estimate of drug-likeness (QED) is 0.364. The first-order valence-corrected chi connectivity index (χ1v) is 11.8. The standard InChI is InChI=1S/C20H26N4O4S2/c1-5-8-24-17(25)13-9-12(6-2)30-16(13)23-20(24)29-10-14-15(18(26)28-7-3)11(4)21-19(27)22-14/h9,11H,5-8,10H2,1-4H3,(H2,21,22,27)/t11-/m1/s1. The predicted molar refractivity (Wildman–Crippen MR) is 119 cm³/mol. The second kappa shape index (κ2) is 9.65. The Morgan fingerprint density at radius 1 is 1.33 bits per heavy atom. The predicted octanol–water partition coefficient (Wildman–Crippen LogP) is 3.04. The summed E-state index contributed by atoms with van der Waals surface area (Å²) in [6.07, 6.45) is 1.64. The van der Waals surface area contributed by atoms with Crippen LogP contribution in [0.2, 0.25) is 0 Å². The van der Waals surface area contributed by atoms with E-state index in [0.29, 0.717) is 38.9 Å². The largest absolute Gasteiger partial charge is 0.463 e. The Hall–Kier alpha value is -2.33. The molecule has 0 bridgehead atoms. The molecule has 0 aliphatic carbocycles. The Morgan fingerprint density at radius 2 is 2.10 bits per heavy atom. The van der Waals surface area contributed by atoms with Gasteiger partial charge in [-0.2, -0.15) is 0 Å². The molecule has 2 N–H and O–H groups in total. The minimum absolute atomic E-state index is 0.0531. The number of fused-ring (bicyclic) bond motifs is 1. The van der Waals surface area contributed by atoms with Gasteiger partial charge in [-0.15, -0.1) is 11.3 Å². The summed E-state index contributed by atoms with van der Waals surface area (Å²) in [5.74, 6) is -0.173. The van der Waals surface area contributed by atoms with E-state index in [1.807, 2.05) is 13.0 Å². The minimum atomic E-state index is -0.467. The fraction of sp³-hybridized carbons (Fsp3) is 0.500. The minimum Gasteiger partial charge on any atom is -0.463 e. The van der Waals surface area contributed by atoms with E-state index in [1.165, 1.54) is 23.1 Å². The van der Waals surface area contributed by atoms with Crippen LogP contribution in [0.3, 0.4) is 0 Å². The smallest absolute Gasteiger partial charge is 0.337 e. The van der Waals surface area contributed by atoms with Gasteiger partial charge >= 0.3 is 12.0 Å². The molecule has 0 saturated heterocycles. The highest BCUT2D eigenvalue weighted by molar-refractivity contribution is 7.99. The maximum Gasteiger partial charge on any atom is 0.337 e. The third-order valence-electron chi connectivity index (χ3n) is 4.67. The molecule has 2 aromatic heterocycles. The van der Waals surface area contributed by atoms with Crippen LogP contribution in [0, 0.1) is 0 Å². The van der Waals surface area contributed by atoms with E-state index < -0.39 is 12.0 Å². The van der Waals surface area contributed by atoms with Crippen LogP contribution in [0.5, 0.6) is 0 Å². The maximum absolute atomic E-state index is 13.0. The first kappa shape index (κ1) is 22.4. The molecule has 0 fully saturated rings. The van der Waals surface area contributed by atoms with E-state index in [2.05, 4.69) is 17.6 Å². The molecule has 1 atom stereocenters. The van der Waals surface area contributed by atoms with E-state index >= 15 is 0 Å². The van der Waals surface area contributed by atoms with Crippen LogP contribution in [-0.4, -0.2) is 40.0 Å². The zero-order valence-corrected chi connectivity index (χ0v) is 19.2. The van der Waals surface area contributed by atoms with Crippen molar-refractivity contribution in [1.29, 1.82) is 0 Å². The van der Waals surface area contributed by atoms with Crippen LogP contribution >= 0.6 is 23.1 Å². The summed E-state index contributed by atoms with van der Waals surface area (Å²) in [4.78, 5) is 44.0. The summed E-state index contributed by atoms with van der Waals surface area (Å²) in [6, 6.07) is 1.09. The molecule has 1 aliphatic heterocycles. The highest BCUT2D eigenvalue weighted by atomic mass is 32.2. The van der Waals surface area contributed by atoms with Crippen LogP contribution in [0.25, 0.3) is 10.2 Å². The molecular formula is C20H26N4O4S2. The summed E-state index contributed by atoms with van der Waals surface area (Å²) >= 11 is 2.86. The Labute approximate surface area is 183 Å². The van der Waals surface area contributed by atoms with Gasteiger partial charge < -0.3 is 15.4 Å². The molecule has 8 nitrogen and oxygen atoms in total. The Morgan fingerprint density at radius 3 is 2.77 bits per heavy atom. The van der Waals surface area contributed by atoms with Gasteiger partial charge in [-0.05, 0) is 32.8 Å². The first-order valence-electron chi connectivity index (χ1n) is 10.0. The monoisotopic (exact) mass is 450 g/mol. The Balaban J connectivity index is 1.98. The Kier molecular flexibility index (Phi) is 7.19. The number of rotatable bonds is 8. The third-order valence-corrected chi connectivity index (χ3v) is 6.85. The number of aryl methyl sites for hydroxylation is 1. The number of carbonyl (C=O) groups is 2. The highest BCUT2D eigenvalue weighted by Crippen LogP contribution is 2.27. The number of hydrogen-bond donors (Lipinski definition) is 2. The Bertz CT molecular complexity index is 1060. The van der Waals surface area contributed by atoms with Gasteiger partial charge in [0.2, 0.25) is 0 Å². The number of amides is 2. The van der Waals surface area contributed by atoms with Crippen LogP contribution in [0.1, 0.15) is 39.0 Å². The topological polar surface area (TPSA) is 102 Å². The second-order valence-corrected chi connectivity index (χ2v) is 8.92. The summed E-state index contributed by atoms with van der Waals surface area (Å²) in [5.41, 5.74) is 0.814. The van der Waals surface area contributed by atoms with Gasteiger partial charge in [0.25, 0.3) is 5.56 Å². The highest BCUT2D eigenvalue weighted by Gasteiger charge is 2.30. The van der Waals surface area contributed by atoms with Gasteiger partial charge in [0.1, 0.15) is 4.83 Å². The SMILES string of the molecule is CCCn1c(SCC2=C(C(=O)OCC)[C@@H](C)NC(=O)N2)nc2sc(CC)cc2c1=O. The lowest BCUT2D eigenvalue weighted by Gasteiger charge is -2.26. The number of carbonyl (C=O) groups excluding carboxylic acids is 2. The molecule has 0 aromatic carbocycles. The molecule has 0 saturated carbocycles. The number of thioether (sulfide) groups is 1. The normalized spacial score (nSPS) is 16.5. The fourth-order valence-electron chi connectivity index (χ4n) is 3.28. The van der Waals surface area contributed by atoms with Crippen LogP contribution in [0.4, 0.5) is 4.79 Å². The van der Waals surface area contributed by atoms with Crippen molar-refractivity contribution in [2.45, 2.75) is 58.3 Å². The van der Waals surface area contributed by atoms with Crippen molar-refractivity contribution < 1.29 is 14.3 Å². The van der Waals surface area contributed by atoms with Gasteiger partial charge in [0, 0.05) is 22.9 Å². The van der Waals surface area contributed by atoms with Crippen LogP contribution in [-0.2, 0) is 22.5 Å². The molecule has 0 spiro atoms. The maximum atomic E-state index is 13.0. The van der Waals surface area contributed by atoms with E-state index in [1.54, 1.807) is 18.4 Å². The number of nitrogens with zero attached hydrogens (tertiary/aromatic N) is 2. The number of esters is 1. The molecule has 2 amide bonds. The summed E-state index contributed by atoms with van der Waals surface area (Å²) in [6.45, 7) is 8.33. The van der Waals surface area contributed by atoms with Crippen molar-refractivity contribution in [2.24, 2.45) is 0 Å². The molecule has 10 heteroatoms. The second-order valence-electron chi connectivity index (χ2n) is 6.86. The third kappa shape index (κ3) is 4.54. The van der Waals surface area contributed by atoms with Crippen molar-refractivity contribution in [2.75, 3.05) is 12.4 Å². The number of hydrogen-bond acceptors (Lipinski definition) is 7. The molecule has 2 aromatic rings. The van der Waals surface area contributed by atoms with Gasteiger partial charge in [-0.3, -0.25) is 9.36 Å². The number of thiophene rings is 1. The van der Waals surface area contributed by atoms with Crippen molar-refractivity contribution in [3.63, 3.8) is 0 Å². The summed E-state index contributed by atoms with van der Waals surface area (Å²) in [5, 5.41) is 6.62. The molecule has 3 rings (SSSR count). The fourth-order valence-corrected chi connectivity index (χ4v) is 5.28. The van der Waals surface area contributed by atoms with Gasteiger partial charge in [-0.1, -0.05) is 25.6 Å². The average Bonchev–Trinajstić information content (AvgIpc) is 3.12. The molecule has 1 aliphatic rings. The molecule has 162 valence electrons. The van der Waals surface area contributed by atoms with Crippen molar-refractivity contribution >= 4 is 45.3 Å². The molecule has 0 radical (unpaired) electrons. The van der Waals surface area contributed by atoms with Gasteiger partial charge in [0.15, 0.2) is 5.16 Å². The lowest BCUT2D eigenvalue weighted by Crippen LogP contribution is -2.49. The van der Waals surface area contributed by atoms with Gasteiger partial charge in [-0.25, -0.2) is 14.6 Å². The zero-order chi connectivity index (χ0) is 21.8. The van der Waals surface area contributed by atoms with Crippen molar-refractivity contribution in [1.82, 2.24) is 20.2 Å². The zero-order valence-electron chi connectivity index (χ0n) is 17.5. The summed E-state index contributed by atoms with van der Waals surface area (Å²) in [7, 11) is 0. The number of urea groups is 1. The number of aromatic nitrogens is 2. The van der Waals surface area contributed by atoms with E-state index in [-0.39, 0.29) is 18.2 Å². The first-order chi connectivity index (χ1) is 14.4. The van der Waals surface area contributed by atoms with Crippen LogP contribution in [0.15, 0.2) is 27.3 Å². The lowest BCUT2D eigenvalue weighted by molar-refractivity contribution is -0.138. The number of nitrogens with one attached hydrogen (secondary N) is 2. The molecule has 3 heterocycles. The van der Waals surface area contributed by atoms with Gasteiger partial charge in [0.05, 0.1) is 23.6 Å². The van der Waals surface area contributed by atoms with E-state index in [0.717, 1.165) is 17.7 Å². The van der Waals surface area contributed by atoms with Crippen molar-refractivity contribution in [3.05, 3.63) is 32.6 Å². The lowest BCUT2D eigenvalue weighted by atomic mass is 10.1. The van der Waals surface area contributed by atoms with E-state index in [4.69, 9.17) is 9.72 Å². The van der Waals surface area contributed by atoms with E-state index in [9.17, 15) is 14.4 Å². The molecular weight excluding hydrogens is 424 g/mol. The number of ether oxygens (including phenoxy) is 1. The van der Waals surface area contributed by atoms with Crippen LogP contribution < -0.4 is 16.2 Å².